The van der Waals surface area contributed by atoms with E-state index in [1.807, 2.05) is 11.4 Å². The van der Waals surface area contributed by atoms with E-state index in [4.69, 9.17) is 0 Å². The van der Waals surface area contributed by atoms with Crippen LogP contribution in [0.5, 0.6) is 0 Å². The number of rotatable bonds is 4. The molecular weight excluding hydrogens is 352 g/mol. The number of hydrogen-bond donors (Lipinski definition) is 1. The van der Waals surface area contributed by atoms with Gasteiger partial charge in [0.15, 0.2) is 0 Å². The van der Waals surface area contributed by atoms with Gasteiger partial charge in [-0.05, 0) is 48.2 Å². The molecule has 0 aliphatic carbocycles. The smallest absolute Gasteiger partial charge is 0.248 e. The van der Waals surface area contributed by atoms with Crippen molar-refractivity contribution in [2.75, 3.05) is 0 Å². The summed E-state index contributed by atoms with van der Waals surface area (Å²) in [5, 5.41) is 4.84. The summed E-state index contributed by atoms with van der Waals surface area (Å²) in [6.45, 7) is 8.14. The van der Waals surface area contributed by atoms with Crippen LogP contribution >= 0.6 is 27.3 Å². The van der Waals surface area contributed by atoms with Crippen LogP contribution in [0, 0.1) is 5.92 Å². The molecule has 1 fully saturated rings. The summed E-state index contributed by atoms with van der Waals surface area (Å²) >= 11 is 5.02. The molecule has 21 heavy (non-hydrogen) atoms. The van der Waals surface area contributed by atoms with E-state index in [9.17, 15) is 9.59 Å². The van der Waals surface area contributed by atoms with Gasteiger partial charge < -0.3 is 10.2 Å². The molecule has 2 amide bonds. The summed E-state index contributed by atoms with van der Waals surface area (Å²) in [6, 6.07) is 1.62. The monoisotopic (exact) mass is 372 g/mol. The summed E-state index contributed by atoms with van der Waals surface area (Å²) in [6.07, 6.45) is 0.681. The highest BCUT2D eigenvalue weighted by Gasteiger charge is 2.45. The topological polar surface area (TPSA) is 49.4 Å². The fourth-order valence-corrected chi connectivity index (χ4v) is 4.00. The van der Waals surface area contributed by atoms with E-state index in [0.29, 0.717) is 18.9 Å². The SMILES string of the molecule is CC(C)CC1C(=O)NC(C)(C)C(=O)N1Cc1cc(Br)cs1. The van der Waals surface area contributed by atoms with Gasteiger partial charge >= 0.3 is 0 Å². The molecule has 0 bridgehead atoms. The van der Waals surface area contributed by atoms with Gasteiger partial charge in [0, 0.05) is 14.7 Å². The molecule has 1 atom stereocenters. The maximum absolute atomic E-state index is 12.7. The number of amides is 2. The van der Waals surface area contributed by atoms with E-state index in [1.54, 1.807) is 30.1 Å². The maximum atomic E-state index is 12.7. The molecule has 4 nitrogen and oxygen atoms in total. The Balaban J connectivity index is 2.28. The van der Waals surface area contributed by atoms with Crippen LogP contribution in [0.15, 0.2) is 15.9 Å². The average Bonchev–Trinajstić information content (AvgIpc) is 2.76. The number of piperazine rings is 1. The summed E-state index contributed by atoms with van der Waals surface area (Å²) < 4.78 is 1.01. The second-order valence-electron chi connectivity index (χ2n) is 6.42. The third-order valence-corrected chi connectivity index (χ3v) is 5.24. The quantitative estimate of drug-likeness (QED) is 0.882. The third-order valence-electron chi connectivity index (χ3n) is 3.55. The third kappa shape index (κ3) is 3.66. The first-order valence-corrected chi connectivity index (χ1v) is 8.74. The van der Waals surface area contributed by atoms with E-state index >= 15 is 0 Å². The number of nitrogens with one attached hydrogen (secondary N) is 1. The number of halogens is 1. The van der Waals surface area contributed by atoms with Gasteiger partial charge in [-0.2, -0.15) is 0 Å². The predicted molar refractivity (Wildman–Crippen MR) is 88.0 cm³/mol. The standard InChI is InChI=1S/C15H21BrN2O2S/c1-9(2)5-12-13(19)17-15(3,4)14(20)18(12)7-11-6-10(16)8-21-11/h6,8-9,12H,5,7H2,1-4H3,(H,17,19). The minimum absolute atomic E-state index is 0.0164. The second-order valence-corrected chi connectivity index (χ2v) is 8.34. The first kappa shape index (κ1) is 16.5. The highest BCUT2D eigenvalue weighted by atomic mass is 79.9. The van der Waals surface area contributed by atoms with Gasteiger partial charge in [-0.25, -0.2) is 0 Å². The van der Waals surface area contributed by atoms with Crippen LogP contribution < -0.4 is 5.32 Å². The van der Waals surface area contributed by atoms with Crippen LogP contribution in [0.2, 0.25) is 0 Å². The number of thiophene rings is 1. The van der Waals surface area contributed by atoms with E-state index < -0.39 is 5.54 Å². The lowest BCUT2D eigenvalue weighted by Gasteiger charge is -2.43. The summed E-state index contributed by atoms with van der Waals surface area (Å²) in [7, 11) is 0. The minimum Gasteiger partial charge on any atom is -0.340 e. The predicted octanol–water partition coefficient (Wildman–Crippen LogP) is 3.16. The van der Waals surface area contributed by atoms with Crippen LogP contribution in [0.4, 0.5) is 0 Å². The minimum atomic E-state index is -0.834. The van der Waals surface area contributed by atoms with E-state index in [0.717, 1.165) is 9.35 Å². The number of hydrogen-bond acceptors (Lipinski definition) is 3. The molecule has 6 heteroatoms. The average molecular weight is 373 g/mol. The zero-order valence-corrected chi connectivity index (χ0v) is 15.2. The van der Waals surface area contributed by atoms with Crippen molar-refractivity contribution >= 4 is 39.1 Å². The molecule has 2 rings (SSSR count). The van der Waals surface area contributed by atoms with Crippen LogP contribution in [0.1, 0.15) is 39.0 Å². The fraction of sp³-hybridized carbons (Fsp3) is 0.600. The van der Waals surface area contributed by atoms with Crippen molar-refractivity contribution < 1.29 is 9.59 Å². The van der Waals surface area contributed by atoms with E-state index in [2.05, 4.69) is 35.1 Å². The van der Waals surface area contributed by atoms with Gasteiger partial charge in [0.1, 0.15) is 11.6 Å². The summed E-state index contributed by atoms with van der Waals surface area (Å²) in [5.74, 6) is 0.286. The van der Waals surface area contributed by atoms with E-state index in [-0.39, 0.29) is 17.9 Å². The van der Waals surface area contributed by atoms with Crippen molar-refractivity contribution in [2.24, 2.45) is 5.92 Å². The molecule has 1 aromatic rings. The Bertz CT molecular complexity index is 554. The fourth-order valence-electron chi connectivity index (χ4n) is 2.55. The first-order chi connectivity index (χ1) is 9.70. The Labute approximate surface area is 138 Å². The molecule has 1 unspecified atom stereocenters. The van der Waals surface area contributed by atoms with Gasteiger partial charge in [0.25, 0.3) is 0 Å². The molecule has 0 saturated carbocycles. The van der Waals surface area contributed by atoms with Crippen LogP contribution in [-0.2, 0) is 16.1 Å². The summed E-state index contributed by atoms with van der Waals surface area (Å²) in [5.41, 5.74) is -0.834. The molecule has 1 aliphatic heterocycles. The van der Waals surface area contributed by atoms with Crippen molar-refractivity contribution in [3.05, 3.63) is 20.8 Å². The second kappa shape index (κ2) is 6.08. The maximum Gasteiger partial charge on any atom is 0.248 e. The highest BCUT2D eigenvalue weighted by Crippen LogP contribution is 2.27. The zero-order chi connectivity index (χ0) is 15.8. The van der Waals surface area contributed by atoms with Crippen molar-refractivity contribution in [3.8, 4) is 0 Å². The lowest BCUT2D eigenvalue weighted by Crippen LogP contribution is -2.67. The van der Waals surface area contributed by atoms with Crippen LogP contribution in [0.25, 0.3) is 0 Å². The molecular formula is C15H21BrN2O2S. The molecule has 1 saturated heterocycles. The van der Waals surface area contributed by atoms with Gasteiger partial charge in [0.2, 0.25) is 11.8 Å². The Morgan fingerprint density at radius 3 is 2.62 bits per heavy atom. The lowest BCUT2D eigenvalue weighted by molar-refractivity contribution is -0.154. The number of carbonyl (C=O) groups excluding carboxylic acids is 2. The normalized spacial score (nSPS) is 21.8. The Hall–Kier alpha value is -0.880. The molecule has 2 heterocycles. The van der Waals surface area contributed by atoms with Gasteiger partial charge in [-0.1, -0.05) is 13.8 Å². The van der Waals surface area contributed by atoms with Crippen molar-refractivity contribution in [2.45, 2.75) is 52.2 Å². The van der Waals surface area contributed by atoms with Crippen LogP contribution in [0.3, 0.4) is 0 Å². The Kier molecular flexibility index (Phi) is 4.78. The van der Waals surface area contributed by atoms with Gasteiger partial charge in [-0.3, -0.25) is 9.59 Å². The molecule has 1 aliphatic rings. The van der Waals surface area contributed by atoms with Crippen molar-refractivity contribution in [1.82, 2.24) is 10.2 Å². The molecule has 1 aromatic heterocycles. The molecule has 0 radical (unpaired) electrons. The first-order valence-electron chi connectivity index (χ1n) is 7.06. The van der Waals surface area contributed by atoms with Gasteiger partial charge in [-0.15, -0.1) is 11.3 Å². The molecule has 116 valence electrons. The Morgan fingerprint density at radius 2 is 2.10 bits per heavy atom. The molecule has 0 spiro atoms. The van der Waals surface area contributed by atoms with Crippen molar-refractivity contribution in [1.29, 1.82) is 0 Å². The summed E-state index contributed by atoms with van der Waals surface area (Å²) in [4.78, 5) is 27.9. The molecule has 0 aromatic carbocycles. The number of nitrogens with zero attached hydrogens (tertiary/aromatic N) is 1. The largest absolute Gasteiger partial charge is 0.340 e. The lowest BCUT2D eigenvalue weighted by atomic mass is 9.92. The molecule has 1 N–H and O–H groups in total. The highest BCUT2D eigenvalue weighted by molar-refractivity contribution is 9.10. The zero-order valence-electron chi connectivity index (χ0n) is 12.8. The number of carbonyl (C=O) groups is 2. The van der Waals surface area contributed by atoms with Crippen LogP contribution in [-0.4, -0.2) is 28.3 Å². The van der Waals surface area contributed by atoms with Crippen molar-refractivity contribution in [3.63, 3.8) is 0 Å². The Morgan fingerprint density at radius 1 is 1.43 bits per heavy atom. The van der Waals surface area contributed by atoms with E-state index in [1.165, 1.54) is 0 Å². The van der Waals surface area contributed by atoms with Gasteiger partial charge in [0.05, 0.1) is 6.54 Å².